The molecule has 2 N–H and O–H groups in total. The van der Waals surface area contributed by atoms with Gasteiger partial charge in [0.2, 0.25) is 5.91 Å². The first kappa shape index (κ1) is 19.4. The summed E-state index contributed by atoms with van der Waals surface area (Å²) in [6.07, 6.45) is 5.19. The summed E-state index contributed by atoms with van der Waals surface area (Å²) in [5.74, 6) is 0.316. The van der Waals surface area contributed by atoms with E-state index in [4.69, 9.17) is 0 Å². The van der Waals surface area contributed by atoms with Gasteiger partial charge in [-0.1, -0.05) is 13.8 Å². The van der Waals surface area contributed by atoms with Crippen molar-refractivity contribution < 1.29 is 9.59 Å². The van der Waals surface area contributed by atoms with Crippen molar-refractivity contribution in [1.29, 1.82) is 0 Å². The Kier molecular flexibility index (Phi) is 7.08. The molecule has 1 aromatic heterocycles. The van der Waals surface area contributed by atoms with Gasteiger partial charge in [-0.05, 0) is 37.1 Å². The molecule has 7 nitrogen and oxygen atoms in total. The zero-order chi connectivity index (χ0) is 18.9. The van der Waals surface area contributed by atoms with Gasteiger partial charge in [0.1, 0.15) is 11.5 Å². The Morgan fingerprint density at radius 3 is 1.96 bits per heavy atom. The third-order valence-corrected chi connectivity index (χ3v) is 3.65. The van der Waals surface area contributed by atoms with Crippen molar-refractivity contribution >= 4 is 29.0 Å². The smallest absolute Gasteiger partial charge is 0.275 e. The highest BCUT2D eigenvalue weighted by atomic mass is 16.2. The fraction of sp³-hybridized carbons (Fsp3) is 0.368. The topological polar surface area (TPSA) is 87.2 Å². The molecule has 0 spiro atoms. The predicted octanol–water partition coefficient (Wildman–Crippen LogP) is 3.31. The summed E-state index contributed by atoms with van der Waals surface area (Å²) < 4.78 is 0. The number of carbonyl (C=O) groups is 2. The van der Waals surface area contributed by atoms with Gasteiger partial charge in [0.05, 0.1) is 12.4 Å². The average molecular weight is 355 g/mol. The van der Waals surface area contributed by atoms with Crippen LogP contribution in [0.1, 0.15) is 44.1 Å². The number of nitrogens with zero attached hydrogens (tertiary/aromatic N) is 3. The number of anilines is 3. The van der Waals surface area contributed by atoms with E-state index >= 15 is 0 Å². The zero-order valence-corrected chi connectivity index (χ0v) is 15.5. The third-order valence-electron chi connectivity index (χ3n) is 3.65. The van der Waals surface area contributed by atoms with Crippen LogP contribution in [0.5, 0.6) is 0 Å². The van der Waals surface area contributed by atoms with Crippen LogP contribution in [-0.2, 0) is 4.79 Å². The van der Waals surface area contributed by atoms with Crippen LogP contribution in [0.2, 0.25) is 0 Å². The molecule has 0 fully saturated rings. The molecule has 1 heterocycles. The normalized spacial score (nSPS) is 10.3. The van der Waals surface area contributed by atoms with Crippen molar-refractivity contribution in [1.82, 2.24) is 9.97 Å². The van der Waals surface area contributed by atoms with E-state index in [2.05, 4.69) is 39.3 Å². The highest BCUT2D eigenvalue weighted by Crippen LogP contribution is 2.15. The van der Waals surface area contributed by atoms with E-state index in [-0.39, 0.29) is 17.5 Å². The Morgan fingerprint density at radius 1 is 0.923 bits per heavy atom. The number of hydrogen-bond acceptors (Lipinski definition) is 5. The summed E-state index contributed by atoms with van der Waals surface area (Å²) in [7, 11) is 0. The van der Waals surface area contributed by atoms with E-state index < -0.39 is 0 Å². The van der Waals surface area contributed by atoms with E-state index in [0.717, 1.165) is 31.7 Å². The number of hydrogen-bond donors (Lipinski definition) is 2. The van der Waals surface area contributed by atoms with Crippen LogP contribution in [0.3, 0.4) is 0 Å². The molecule has 2 rings (SSSR count). The molecule has 0 aliphatic heterocycles. The highest BCUT2D eigenvalue weighted by molar-refractivity contribution is 6.02. The minimum absolute atomic E-state index is 0.141. The van der Waals surface area contributed by atoms with Gasteiger partial charge in [-0.15, -0.1) is 0 Å². The second-order valence-corrected chi connectivity index (χ2v) is 5.96. The predicted molar refractivity (Wildman–Crippen MR) is 104 cm³/mol. The van der Waals surface area contributed by atoms with Crippen LogP contribution in [0.25, 0.3) is 0 Å². The number of nitrogens with one attached hydrogen (secondary N) is 2. The minimum Gasteiger partial charge on any atom is -0.355 e. The zero-order valence-electron chi connectivity index (χ0n) is 15.5. The molecule has 26 heavy (non-hydrogen) atoms. The minimum atomic E-state index is -0.325. The van der Waals surface area contributed by atoms with E-state index in [9.17, 15) is 9.59 Å². The summed E-state index contributed by atoms with van der Waals surface area (Å²) in [5.41, 5.74) is 1.55. The number of carbonyl (C=O) groups excluding carboxylic acids is 2. The van der Waals surface area contributed by atoms with Crippen LogP contribution in [0, 0.1) is 0 Å². The van der Waals surface area contributed by atoms with Crippen LogP contribution >= 0.6 is 0 Å². The lowest BCUT2D eigenvalue weighted by molar-refractivity contribution is -0.114. The molecular formula is C19H25N5O2. The van der Waals surface area contributed by atoms with Gasteiger partial charge in [0.15, 0.2) is 0 Å². The molecule has 2 aromatic rings. The van der Waals surface area contributed by atoms with Gasteiger partial charge in [0.25, 0.3) is 5.91 Å². The van der Waals surface area contributed by atoms with Crippen molar-refractivity contribution in [3.8, 4) is 0 Å². The number of amides is 2. The Labute approximate surface area is 153 Å². The molecule has 1 aromatic carbocycles. The number of rotatable bonds is 8. The van der Waals surface area contributed by atoms with Crippen molar-refractivity contribution in [2.45, 2.75) is 33.6 Å². The maximum atomic E-state index is 12.3. The van der Waals surface area contributed by atoms with Crippen molar-refractivity contribution in [2.75, 3.05) is 28.6 Å². The SMILES string of the molecule is CCCN(CCC)c1cnc(C(=O)Nc2ccc(NC(C)=O)cc2)cn1. The summed E-state index contributed by atoms with van der Waals surface area (Å²) in [6.45, 7) is 7.51. The summed E-state index contributed by atoms with van der Waals surface area (Å²) >= 11 is 0. The molecule has 2 amide bonds. The molecule has 0 bridgehead atoms. The highest BCUT2D eigenvalue weighted by Gasteiger charge is 2.11. The standard InChI is InChI=1S/C19H25N5O2/c1-4-10-24(11-5-2)18-13-20-17(12-21-18)19(26)23-16-8-6-15(7-9-16)22-14(3)25/h6-9,12-13H,4-5,10-11H2,1-3H3,(H,22,25)(H,23,26). The van der Waals surface area contributed by atoms with Crippen LogP contribution in [-0.4, -0.2) is 34.9 Å². The van der Waals surface area contributed by atoms with Gasteiger partial charge >= 0.3 is 0 Å². The van der Waals surface area contributed by atoms with Gasteiger partial charge in [0, 0.05) is 31.4 Å². The first-order valence-electron chi connectivity index (χ1n) is 8.79. The first-order valence-corrected chi connectivity index (χ1v) is 8.79. The summed E-state index contributed by atoms with van der Waals surface area (Å²) in [6, 6.07) is 6.88. The molecule has 0 aliphatic rings. The van der Waals surface area contributed by atoms with E-state index in [1.165, 1.54) is 13.1 Å². The molecule has 0 unspecified atom stereocenters. The van der Waals surface area contributed by atoms with Gasteiger partial charge in [-0.3, -0.25) is 9.59 Å². The van der Waals surface area contributed by atoms with E-state index in [1.54, 1.807) is 30.5 Å². The maximum absolute atomic E-state index is 12.3. The Hall–Kier alpha value is -2.96. The Balaban J connectivity index is 2.02. The molecule has 0 atom stereocenters. The fourth-order valence-electron chi connectivity index (χ4n) is 2.52. The molecule has 0 saturated carbocycles. The molecule has 0 aliphatic carbocycles. The number of aromatic nitrogens is 2. The van der Waals surface area contributed by atoms with Crippen LogP contribution < -0.4 is 15.5 Å². The van der Waals surface area contributed by atoms with E-state index in [0.29, 0.717) is 11.4 Å². The summed E-state index contributed by atoms with van der Waals surface area (Å²) in [5, 5.41) is 5.45. The van der Waals surface area contributed by atoms with Crippen LogP contribution in [0.4, 0.5) is 17.2 Å². The first-order chi connectivity index (χ1) is 12.5. The fourth-order valence-corrected chi connectivity index (χ4v) is 2.52. The Bertz CT molecular complexity index is 723. The molecule has 138 valence electrons. The lowest BCUT2D eigenvalue weighted by Crippen LogP contribution is -2.26. The number of benzene rings is 1. The van der Waals surface area contributed by atoms with Gasteiger partial charge < -0.3 is 15.5 Å². The third kappa shape index (κ3) is 5.54. The lowest BCUT2D eigenvalue weighted by Gasteiger charge is -2.22. The monoisotopic (exact) mass is 355 g/mol. The van der Waals surface area contributed by atoms with Gasteiger partial charge in [-0.2, -0.15) is 0 Å². The molecule has 0 saturated heterocycles. The Morgan fingerprint density at radius 2 is 1.50 bits per heavy atom. The second kappa shape index (κ2) is 9.50. The summed E-state index contributed by atoms with van der Waals surface area (Å²) in [4.78, 5) is 34.1. The largest absolute Gasteiger partial charge is 0.355 e. The molecular weight excluding hydrogens is 330 g/mol. The average Bonchev–Trinajstić information content (AvgIpc) is 2.63. The van der Waals surface area contributed by atoms with Crippen molar-refractivity contribution in [2.24, 2.45) is 0 Å². The van der Waals surface area contributed by atoms with Crippen molar-refractivity contribution in [3.63, 3.8) is 0 Å². The van der Waals surface area contributed by atoms with Crippen molar-refractivity contribution in [3.05, 3.63) is 42.4 Å². The molecule has 7 heteroatoms. The maximum Gasteiger partial charge on any atom is 0.275 e. The quantitative estimate of drug-likeness (QED) is 0.758. The molecule has 0 radical (unpaired) electrons. The lowest BCUT2D eigenvalue weighted by atomic mass is 10.2. The van der Waals surface area contributed by atoms with E-state index in [1.807, 2.05) is 0 Å². The second-order valence-electron chi connectivity index (χ2n) is 5.96. The van der Waals surface area contributed by atoms with Gasteiger partial charge in [-0.25, -0.2) is 9.97 Å². The van der Waals surface area contributed by atoms with Crippen LogP contribution in [0.15, 0.2) is 36.7 Å².